The van der Waals surface area contributed by atoms with Gasteiger partial charge in [-0.1, -0.05) is 164 Å². The summed E-state index contributed by atoms with van der Waals surface area (Å²) in [6.45, 7) is 0. The van der Waals surface area contributed by atoms with Crippen LogP contribution in [0.3, 0.4) is 0 Å². The van der Waals surface area contributed by atoms with Crippen molar-refractivity contribution < 1.29 is 0 Å². The van der Waals surface area contributed by atoms with Crippen molar-refractivity contribution in [2.45, 2.75) is 6.17 Å². The van der Waals surface area contributed by atoms with Crippen LogP contribution >= 0.6 is 0 Å². The van der Waals surface area contributed by atoms with Gasteiger partial charge in [-0.15, -0.1) is 0 Å². The van der Waals surface area contributed by atoms with Crippen molar-refractivity contribution in [3.8, 4) is 22.5 Å². The molecule has 4 heteroatoms. The normalized spacial score (nSPS) is 14.2. The van der Waals surface area contributed by atoms with Crippen molar-refractivity contribution in [2.24, 2.45) is 4.99 Å². The first-order chi connectivity index (χ1) is 29.8. The third kappa shape index (κ3) is 5.49. The molecule has 0 radical (unpaired) electrons. The molecule has 2 aromatic heterocycles. The third-order valence-corrected chi connectivity index (χ3v) is 12.1. The predicted octanol–water partition coefficient (Wildman–Crippen LogP) is 13.8. The van der Waals surface area contributed by atoms with Crippen molar-refractivity contribution in [1.29, 1.82) is 0 Å². The van der Waals surface area contributed by atoms with Gasteiger partial charge >= 0.3 is 0 Å². The van der Waals surface area contributed by atoms with Crippen molar-refractivity contribution >= 4 is 65.8 Å². The van der Waals surface area contributed by atoms with Gasteiger partial charge in [-0.3, -0.25) is 4.99 Å². The number of para-hydroxylation sites is 2. The second-order valence-electron chi connectivity index (χ2n) is 15.6. The molecule has 0 saturated heterocycles. The van der Waals surface area contributed by atoms with Gasteiger partial charge in [0.15, 0.2) is 0 Å². The first kappa shape index (κ1) is 34.1. The van der Waals surface area contributed by atoms with Crippen LogP contribution in [0.4, 0.5) is 0 Å². The maximum Gasteiger partial charge on any atom is 0.145 e. The number of allylic oxidation sites excluding steroid dienone is 1. The van der Waals surface area contributed by atoms with E-state index in [1.165, 1.54) is 65.5 Å². The van der Waals surface area contributed by atoms with Crippen LogP contribution in [-0.2, 0) is 0 Å². The molecule has 11 aromatic rings. The summed E-state index contributed by atoms with van der Waals surface area (Å²) in [5, 5.41) is 11.2. The summed E-state index contributed by atoms with van der Waals surface area (Å²) in [6.07, 6.45) is 1.98. The molecule has 0 amide bonds. The fourth-order valence-corrected chi connectivity index (χ4v) is 9.40. The fraction of sp³-hybridized carbons (Fsp3) is 0.0179. The summed E-state index contributed by atoms with van der Waals surface area (Å²) < 4.78 is 4.93. The van der Waals surface area contributed by atoms with Crippen LogP contribution in [0, 0.1) is 0 Å². The van der Waals surface area contributed by atoms with Gasteiger partial charge in [-0.2, -0.15) is 0 Å². The smallest absolute Gasteiger partial charge is 0.145 e. The molecular formula is C56H38N4. The van der Waals surface area contributed by atoms with E-state index in [1.807, 2.05) is 0 Å². The lowest BCUT2D eigenvalue weighted by Gasteiger charge is -2.25. The zero-order valence-corrected chi connectivity index (χ0v) is 32.7. The molecule has 0 spiro atoms. The van der Waals surface area contributed by atoms with E-state index < -0.39 is 0 Å². The lowest BCUT2D eigenvalue weighted by atomic mass is 9.98. The van der Waals surface area contributed by atoms with Crippen LogP contribution < -0.4 is 5.32 Å². The Morgan fingerprint density at radius 2 is 0.967 bits per heavy atom. The number of benzene rings is 9. The van der Waals surface area contributed by atoms with Gasteiger partial charge in [0.2, 0.25) is 0 Å². The molecule has 12 rings (SSSR count). The number of fused-ring (bicyclic) bond motifs is 8. The molecule has 9 aromatic carbocycles. The molecule has 1 aliphatic rings. The molecule has 0 fully saturated rings. The van der Waals surface area contributed by atoms with Crippen LogP contribution in [-0.4, -0.2) is 14.8 Å². The molecule has 282 valence electrons. The van der Waals surface area contributed by atoms with Gasteiger partial charge < -0.3 is 14.5 Å². The summed E-state index contributed by atoms with van der Waals surface area (Å²) in [5.41, 5.74) is 14.7. The molecule has 0 aliphatic carbocycles. The zero-order chi connectivity index (χ0) is 39.6. The summed E-state index contributed by atoms with van der Waals surface area (Å²) in [4.78, 5) is 5.23. The molecule has 3 heterocycles. The number of hydrogen-bond donors (Lipinski definition) is 1. The van der Waals surface area contributed by atoms with Crippen molar-refractivity contribution in [3.63, 3.8) is 0 Å². The van der Waals surface area contributed by atoms with Crippen LogP contribution in [0.15, 0.2) is 223 Å². The Kier molecular flexibility index (Phi) is 7.88. The van der Waals surface area contributed by atoms with Crippen molar-refractivity contribution in [3.05, 3.63) is 235 Å². The SMILES string of the molecule is C1=C(c2cc(-n3c4ccccc4c4c5c6ccccc6n(-c6cccc(-c7ccccc7)c6)c5ccc43)c3ccccc3c2)NC(c2ccccc2)N=C1c1ccccc1. The lowest BCUT2D eigenvalue weighted by Crippen LogP contribution is -2.25. The van der Waals surface area contributed by atoms with Gasteiger partial charge in [0, 0.05) is 43.9 Å². The highest BCUT2D eigenvalue weighted by Gasteiger charge is 2.24. The molecule has 1 unspecified atom stereocenters. The highest BCUT2D eigenvalue weighted by atomic mass is 15.1. The minimum absolute atomic E-state index is 0.233. The van der Waals surface area contributed by atoms with Gasteiger partial charge in [0.05, 0.1) is 33.5 Å². The molecule has 1 aliphatic heterocycles. The zero-order valence-electron chi connectivity index (χ0n) is 32.7. The Morgan fingerprint density at radius 3 is 1.68 bits per heavy atom. The summed E-state index contributed by atoms with van der Waals surface area (Å²) in [5.74, 6) is 0. The minimum atomic E-state index is -0.233. The highest BCUT2D eigenvalue weighted by Crippen LogP contribution is 2.44. The average molecular weight is 767 g/mol. The van der Waals surface area contributed by atoms with Crippen LogP contribution in [0.2, 0.25) is 0 Å². The minimum Gasteiger partial charge on any atom is -0.360 e. The lowest BCUT2D eigenvalue weighted by molar-refractivity contribution is 0.664. The molecular weight excluding hydrogens is 729 g/mol. The van der Waals surface area contributed by atoms with Crippen LogP contribution in [0.5, 0.6) is 0 Å². The Balaban J connectivity index is 1.10. The second-order valence-corrected chi connectivity index (χ2v) is 15.6. The Labute approximate surface area is 347 Å². The van der Waals surface area contributed by atoms with E-state index in [0.29, 0.717) is 0 Å². The van der Waals surface area contributed by atoms with E-state index >= 15 is 0 Å². The summed E-state index contributed by atoms with van der Waals surface area (Å²) in [6, 6.07) is 76.5. The van der Waals surface area contributed by atoms with E-state index in [1.54, 1.807) is 0 Å². The predicted molar refractivity (Wildman–Crippen MR) is 251 cm³/mol. The van der Waals surface area contributed by atoms with Gasteiger partial charge in [0.1, 0.15) is 6.17 Å². The number of rotatable bonds is 6. The van der Waals surface area contributed by atoms with E-state index in [9.17, 15) is 0 Å². The van der Waals surface area contributed by atoms with Gasteiger partial charge in [0.25, 0.3) is 0 Å². The Morgan fingerprint density at radius 1 is 0.400 bits per heavy atom. The number of hydrogen-bond acceptors (Lipinski definition) is 2. The Hall–Kier alpha value is -7.95. The second kappa shape index (κ2) is 13.9. The average Bonchev–Trinajstić information content (AvgIpc) is 3.85. The first-order valence-corrected chi connectivity index (χ1v) is 20.6. The summed E-state index contributed by atoms with van der Waals surface area (Å²) >= 11 is 0. The van der Waals surface area contributed by atoms with E-state index in [0.717, 1.165) is 39.5 Å². The van der Waals surface area contributed by atoms with Gasteiger partial charge in [-0.05, 0) is 82.2 Å². The van der Waals surface area contributed by atoms with Crippen LogP contribution in [0.1, 0.15) is 22.9 Å². The number of nitrogens with one attached hydrogen (secondary N) is 1. The molecule has 60 heavy (non-hydrogen) atoms. The maximum absolute atomic E-state index is 5.23. The quantitative estimate of drug-likeness (QED) is 0.180. The van der Waals surface area contributed by atoms with E-state index in [-0.39, 0.29) is 6.17 Å². The van der Waals surface area contributed by atoms with Gasteiger partial charge in [-0.25, -0.2) is 0 Å². The largest absolute Gasteiger partial charge is 0.360 e. The molecule has 1 N–H and O–H groups in total. The standard InChI is InChI=1S/C56H38N4/c1-4-17-37(18-5-1)40-24-16-25-43(34-40)59-49-29-14-12-27-45(49)54-51(59)31-32-52-55(54)46-28-13-15-30-50(46)60(52)53-35-42(33-41-23-10-11-26-44(41)53)48-36-47(38-19-6-2-7-20-38)57-56(58-48)39-21-8-3-9-22-39/h1-36,56,58H. The third-order valence-electron chi connectivity index (χ3n) is 12.1. The monoisotopic (exact) mass is 766 g/mol. The molecule has 1 atom stereocenters. The molecule has 0 saturated carbocycles. The molecule has 4 nitrogen and oxygen atoms in total. The fourth-order valence-electron chi connectivity index (χ4n) is 9.40. The highest BCUT2D eigenvalue weighted by molar-refractivity contribution is 6.29. The van der Waals surface area contributed by atoms with Crippen molar-refractivity contribution in [1.82, 2.24) is 14.5 Å². The number of aromatic nitrogens is 2. The summed E-state index contributed by atoms with van der Waals surface area (Å²) in [7, 11) is 0. The van der Waals surface area contributed by atoms with E-state index in [2.05, 4.69) is 233 Å². The molecule has 0 bridgehead atoms. The topological polar surface area (TPSA) is 34.2 Å². The first-order valence-electron chi connectivity index (χ1n) is 20.6. The Bertz CT molecular complexity index is 3500. The van der Waals surface area contributed by atoms with E-state index in [4.69, 9.17) is 4.99 Å². The van der Waals surface area contributed by atoms with Crippen LogP contribution in [0.25, 0.3) is 82.6 Å². The number of nitrogens with zero attached hydrogens (tertiary/aromatic N) is 3. The maximum atomic E-state index is 5.23. The van der Waals surface area contributed by atoms with Crippen molar-refractivity contribution in [2.75, 3.05) is 0 Å². The number of aliphatic imine (C=N–C) groups is 1.